The van der Waals surface area contributed by atoms with Crippen molar-refractivity contribution >= 4 is 34.9 Å². The number of hydrogen-bond donors (Lipinski definition) is 2. The van der Waals surface area contributed by atoms with E-state index in [0.29, 0.717) is 16.4 Å². The van der Waals surface area contributed by atoms with Gasteiger partial charge >= 0.3 is 12.0 Å². The highest BCUT2D eigenvalue weighted by Crippen LogP contribution is 2.22. The number of carbonyl (C=O) groups excluding carboxylic acids is 2. The Bertz CT molecular complexity index is 911. The zero-order valence-electron chi connectivity index (χ0n) is 13.9. The lowest BCUT2D eigenvalue weighted by Crippen LogP contribution is -2.34. The summed E-state index contributed by atoms with van der Waals surface area (Å²) in [6, 6.07) is 9.04. The molecule has 0 saturated heterocycles. The molecular formula is C17H15ClN4O4S. The van der Waals surface area contributed by atoms with Gasteiger partial charge in [-0.25, -0.2) is 4.79 Å². The van der Waals surface area contributed by atoms with Gasteiger partial charge in [0.25, 0.3) is 5.89 Å². The highest BCUT2D eigenvalue weighted by atomic mass is 35.5. The highest BCUT2D eigenvalue weighted by Gasteiger charge is 2.19. The Hall–Kier alpha value is -2.91. The minimum Gasteiger partial charge on any atom is -0.455 e. The number of urea groups is 1. The standard InChI is InChI=1S/C17H15ClN4O4S/c18-11-5-3-10(4-6-11)12(20-17(19)24)8-15(23)25-9-14-21-16(22-26-14)13-2-1-7-27-13/h1-7,12H,8-9H2,(H3,19,20,24)/t12-/m0/s1. The molecule has 0 aliphatic carbocycles. The number of aromatic nitrogens is 2. The van der Waals surface area contributed by atoms with E-state index in [2.05, 4.69) is 15.5 Å². The summed E-state index contributed by atoms with van der Waals surface area (Å²) in [6.45, 7) is -0.166. The van der Waals surface area contributed by atoms with E-state index in [1.807, 2.05) is 17.5 Å². The van der Waals surface area contributed by atoms with E-state index in [9.17, 15) is 9.59 Å². The molecule has 0 aliphatic rings. The lowest BCUT2D eigenvalue weighted by atomic mass is 10.0. The van der Waals surface area contributed by atoms with Gasteiger partial charge < -0.3 is 20.3 Å². The molecule has 0 unspecified atom stereocenters. The highest BCUT2D eigenvalue weighted by molar-refractivity contribution is 7.13. The normalized spacial score (nSPS) is 11.7. The van der Waals surface area contributed by atoms with Gasteiger partial charge in [-0.05, 0) is 29.1 Å². The van der Waals surface area contributed by atoms with Crippen LogP contribution in [0.15, 0.2) is 46.3 Å². The molecule has 2 aromatic heterocycles. The summed E-state index contributed by atoms with van der Waals surface area (Å²) >= 11 is 7.33. The van der Waals surface area contributed by atoms with Gasteiger partial charge in [0.05, 0.1) is 17.3 Å². The summed E-state index contributed by atoms with van der Waals surface area (Å²) < 4.78 is 10.2. The molecule has 0 spiro atoms. The molecule has 3 aromatic rings. The van der Waals surface area contributed by atoms with Gasteiger partial charge in [-0.1, -0.05) is 35.0 Å². The van der Waals surface area contributed by atoms with Crippen molar-refractivity contribution in [1.82, 2.24) is 15.5 Å². The quantitative estimate of drug-likeness (QED) is 0.581. The van der Waals surface area contributed by atoms with Gasteiger partial charge in [0.2, 0.25) is 5.82 Å². The van der Waals surface area contributed by atoms with E-state index >= 15 is 0 Å². The van der Waals surface area contributed by atoms with E-state index in [1.165, 1.54) is 11.3 Å². The Morgan fingerprint density at radius 2 is 2.07 bits per heavy atom. The number of primary amides is 1. The maximum absolute atomic E-state index is 12.2. The zero-order valence-corrected chi connectivity index (χ0v) is 15.5. The average molecular weight is 407 g/mol. The minimum absolute atomic E-state index is 0.115. The summed E-state index contributed by atoms with van der Waals surface area (Å²) in [6.07, 6.45) is -0.115. The van der Waals surface area contributed by atoms with Gasteiger partial charge in [0, 0.05) is 5.02 Å². The number of amides is 2. The fourth-order valence-corrected chi connectivity index (χ4v) is 3.08. The Morgan fingerprint density at radius 3 is 2.74 bits per heavy atom. The first-order chi connectivity index (χ1) is 13.0. The van der Waals surface area contributed by atoms with E-state index in [1.54, 1.807) is 24.3 Å². The molecule has 10 heteroatoms. The van der Waals surface area contributed by atoms with E-state index in [-0.39, 0.29) is 18.9 Å². The zero-order chi connectivity index (χ0) is 19.2. The summed E-state index contributed by atoms with van der Waals surface area (Å²) in [5.74, 6) is 0.0581. The van der Waals surface area contributed by atoms with Crippen LogP contribution in [0.5, 0.6) is 0 Å². The van der Waals surface area contributed by atoms with Crippen LogP contribution in [0.2, 0.25) is 5.02 Å². The first-order valence-corrected chi connectivity index (χ1v) is 9.10. The molecule has 140 valence electrons. The van der Waals surface area contributed by atoms with Crippen LogP contribution in [0.4, 0.5) is 4.79 Å². The van der Waals surface area contributed by atoms with Crippen molar-refractivity contribution in [2.45, 2.75) is 19.1 Å². The average Bonchev–Trinajstić information content (AvgIpc) is 3.31. The molecule has 2 amide bonds. The van der Waals surface area contributed by atoms with Crippen LogP contribution >= 0.6 is 22.9 Å². The number of nitrogens with zero attached hydrogens (tertiary/aromatic N) is 2. The molecule has 27 heavy (non-hydrogen) atoms. The lowest BCUT2D eigenvalue weighted by Gasteiger charge is -2.17. The van der Waals surface area contributed by atoms with Crippen LogP contribution < -0.4 is 11.1 Å². The Morgan fingerprint density at radius 1 is 1.30 bits per heavy atom. The second-order valence-corrected chi connectivity index (χ2v) is 6.85. The number of ether oxygens (including phenoxy) is 1. The molecule has 1 aromatic carbocycles. The predicted octanol–water partition coefficient (Wildman–Crippen LogP) is 3.29. The van der Waals surface area contributed by atoms with Crippen LogP contribution in [-0.2, 0) is 16.1 Å². The van der Waals surface area contributed by atoms with Gasteiger partial charge in [0.15, 0.2) is 6.61 Å². The van der Waals surface area contributed by atoms with E-state index < -0.39 is 18.0 Å². The molecule has 0 saturated carbocycles. The van der Waals surface area contributed by atoms with Crippen LogP contribution in [0, 0.1) is 0 Å². The summed E-state index contributed by atoms with van der Waals surface area (Å²) in [5, 5.41) is 8.79. The SMILES string of the molecule is NC(=O)N[C@@H](CC(=O)OCc1nc(-c2cccs2)no1)c1ccc(Cl)cc1. The Kier molecular flexibility index (Phi) is 6.05. The van der Waals surface area contributed by atoms with Crippen LogP contribution in [0.1, 0.15) is 23.9 Å². The largest absolute Gasteiger partial charge is 0.455 e. The fraction of sp³-hybridized carbons (Fsp3) is 0.176. The molecule has 0 radical (unpaired) electrons. The summed E-state index contributed by atoms with van der Waals surface area (Å²) in [7, 11) is 0. The number of carbonyl (C=O) groups is 2. The van der Waals surface area contributed by atoms with Crippen molar-refractivity contribution in [2.75, 3.05) is 0 Å². The van der Waals surface area contributed by atoms with E-state index in [0.717, 1.165) is 4.88 Å². The number of nitrogens with two attached hydrogens (primary N) is 1. The van der Waals surface area contributed by atoms with Crippen LogP contribution in [0.25, 0.3) is 10.7 Å². The number of benzene rings is 1. The fourth-order valence-electron chi connectivity index (χ4n) is 2.31. The van der Waals surface area contributed by atoms with Crippen LogP contribution in [-0.4, -0.2) is 22.1 Å². The van der Waals surface area contributed by atoms with Crippen molar-refractivity contribution in [3.05, 3.63) is 58.3 Å². The maximum atomic E-state index is 12.2. The molecule has 0 aliphatic heterocycles. The monoisotopic (exact) mass is 406 g/mol. The molecule has 3 rings (SSSR count). The summed E-state index contributed by atoms with van der Waals surface area (Å²) in [4.78, 5) is 28.4. The molecule has 0 fully saturated rings. The van der Waals surface area contributed by atoms with Gasteiger partial charge in [-0.2, -0.15) is 4.98 Å². The molecular weight excluding hydrogens is 392 g/mol. The third kappa shape index (κ3) is 5.28. The molecule has 0 bridgehead atoms. The van der Waals surface area contributed by atoms with E-state index in [4.69, 9.17) is 26.6 Å². The minimum atomic E-state index is -0.750. The number of rotatable bonds is 7. The number of thiophene rings is 1. The van der Waals surface area contributed by atoms with Gasteiger partial charge in [-0.3, -0.25) is 4.79 Å². The molecule has 3 N–H and O–H groups in total. The third-order valence-electron chi connectivity index (χ3n) is 3.53. The third-order valence-corrected chi connectivity index (χ3v) is 4.64. The van der Waals surface area contributed by atoms with Crippen molar-refractivity contribution in [2.24, 2.45) is 5.73 Å². The predicted molar refractivity (Wildman–Crippen MR) is 98.9 cm³/mol. The van der Waals surface area contributed by atoms with Crippen LogP contribution in [0.3, 0.4) is 0 Å². The molecule has 2 heterocycles. The van der Waals surface area contributed by atoms with Gasteiger partial charge in [0.1, 0.15) is 0 Å². The number of hydrogen-bond acceptors (Lipinski definition) is 7. The number of halogens is 1. The number of esters is 1. The molecule has 1 atom stereocenters. The topological polar surface area (TPSA) is 120 Å². The van der Waals surface area contributed by atoms with Crippen molar-refractivity contribution in [3.63, 3.8) is 0 Å². The maximum Gasteiger partial charge on any atom is 0.312 e. The van der Waals surface area contributed by atoms with Gasteiger partial charge in [-0.15, -0.1) is 11.3 Å². The number of nitrogens with one attached hydrogen (secondary N) is 1. The first kappa shape index (κ1) is 18.9. The van der Waals surface area contributed by atoms with Crippen molar-refractivity contribution in [1.29, 1.82) is 0 Å². The lowest BCUT2D eigenvalue weighted by molar-refractivity contribution is -0.146. The Labute approximate surface area is 163 Å². The second kappa shape index (κ2) is 8.65. The van der Waals surface area contributed by atoms with Crippen molar-refractivity contribution < 1.29 is 18.8 Å². The van der Waals surface area contributed by atoms with Crippen molar-refractivity contribution in [3.8, 4) is 10.7 Å². The smallest absolute Gasteiger partial charge is 0.312 e. The second-order valence-electron chi connectivity index (χ2n) is 5.47. The Balaban J connectivity index is 1.59. The molecule has 8 nitrogen and oxygen atoms in total. The summed E-state index contributed by atoms with van der Waals surface area (Å²) in [5.41, 5.74) is 5.86. The first-order valence-electron chi connectivity index (χ1n) is 7.85.